The fraction of sp³-hybridized carbons (Fsp3) is 0.600. The molecule has 1 saturated heterocycles. The van der Waals surface area contributed by atoms with Crippen LogP contribution in [0, 0.1) is 5.92 Å². The van der Waals surface area contributed by atoms with E-state index in [2.05, 4.69) is 29.6 Å². The predicted molar refractivity (Wildman–Crippen MR) is 77.0 cm³/mol. The SMILES string of the molecule is CNC(c1cccc(C2CC2)c1)C1CCS(=O)(=O)C1. The predicted octanol–water partition coefficient (Wildman–Crippen LogP) is 2.26. The van der Waals surface area contributed by atoms with Gasteiger partial charge in [0, 0.05) is 6.04 Å². The van der Waals surface area contributed by atoms with Crippen LogP contribution in [0.2, 0.25) is 0 Å². The van der Waals surface area contributed by atoms with E-state index in [0.717, 1.165) is 12.3 Å². The van der Waals surface area contributed by atoms with Gasteiger partial charge >= 0.3 is 0 Å². The molecule has 19 heavy (non-hydrogen) atoms. The van der Waals surface area contributed by atoms with E-state index in [1.165, 1.54) is 24.0 Å². The molecule has 0 spiro atoms. The second-order valence-electron chi connectivity index (χ2n) is 5.87. The van der Waals surface area contributed by atoms with E-state index >= 15 is 0 Å². The number of sulfone groups is 1. The largest absolute Gasteiger partial charge is 0.313 e. The molecule has 104 valence electrons. The van der Waals surface area contributed by atoms with Crippen LogP contribution >= 0.6 is 0 Å². The fourth-order valence-electron chi connectivity index (χ4n) is 3.18. The molecule has 0 amide bonds. The van der Waals surface area contributed by atoms with E-state index in [0.29, 0.717) is 11.5 Å². The zero-order chi connectivity index (χ0) is 13.5. The first-order valence-corrected chi connectivity index (χ1v) is 8.89. The Labute approximate surface area is 115 Å². The first kappa shape index (κ1) is 13.1. The molecule has 1 N–H and O–H groups in total. The van der Waals surface area contributed by atoms with Crippen LogP contribution in [0.1, 0.15) is 42.3 Å². The maximum absolute atomic E-state index is 11.7. The average Bonchev–Trinajstić information content (AvgIpc) is 3.16. The molecule has 1 aromatic carbocycles. The summed E-state index contributed by atoms with van der Waals surface area (Å²) < 4.78 is 23.3. The molecule has 1 aliphatic carbocycles. The molecule has 1 aromatic rings. The van der Waals surface area contributed by atoms with Crippen molar-refractivity contribution < 1.29 is 8.42 Å². The van der Waals surface area contributed by atoms with E-state index < -0.39 is 9.84 Å². The van der Waals surface area contributed by atoms with Gasteiger partial charge in [-0.25, -0.2) is 8.42 Å². The van der Waals surface area contributed by atoms with E-state index in [9.17, 15) is 8.42 Å². The Morgan fingerprint density at radius 1 is 1.26 bits per heavy atom. The van der Waals surface area contributed by atoms with Crippen molar-refractivity contribution >= 4 is 9.84 Å². The van der Waals surface area contributed by atoms with Crippen molar-refractivity contribution in [1.29, 1.82) is 0 Å². The maximum atomic E-state index is 11.7. The Hall–Kier alpha value is -0.870. The van der Waals surface area contributed by atoms with Crippen LogP contribution in [0.3, 0.4) is 0 Å². The highest BCUT2D eigenvalue weighted by atomic mass is 32.2. The Kier molecular flexibility index (Phi) is 3.39. The van der Waals surface area contributed by atoms with Crippen molar-refractivity contribution in [3.63, 3.8) is 0 Å². The molecule has 3 nitrogen and oxygen atoms in total. The number of benzene rings is 1. The molecule has 2 atom stereocenters. The van der Waals surface area contributed by atoms with Crippen molar-refractivity contribution in [2.24, 2.45) is 5.92 Å². The van der Waals surface area contributed by atoms with Gasteiger partial charge in [-0.05, 0) is 49.3 Å². The van der Waals surface area contributed by atoms with Crippen molar-refractivity contribution in [2.45, 2.75) is 31.2 Å². The molecular formula is C15H21NO2S. The van der Waals surface area contributed by atoms with Crippen LogP contribution in [0.4, 0.5) is 0 Å². The highest BCUT2D eigenvalue weighted by Crippen LogP contribution is 2.41. The van der Waals surface area contributed by atoms with Gasteiger partial charge in [0.05, 0.1) is 11.5 Å². The normalized spacial score (nSPS) is 27.3. The standard InChI is InChI=1S/C15H21NO2S/c1-16-15(14-7-8-19(17,18)10-14)13-4-2-3-12(9-13)11-5-6-11/h2-4,9,11,14-16H,5-8,10H2,1H3. The second kappa shape index (κ2) is 4.91. The third-order valence-corrected chi connectivity index (χ3v) is 6.16. The summed E-state index contributed by atoms with van der Waals surface area (Å²) in [4.78, 5) is 0. The molecule has 4 heteroatoms. The first-order chi connectivity index (χ1) is 9.09. The molecule has 0 bridgehead atoms. The van der Waals surface area contributed by atoms with Gasteiger partial charge in [0.2, 0.25) is 0 Å². The molecule has 2 unspecified atom stereocenters. The quantitative estimate of drug-likeness (QED) is 0.919. The fourth-order valence-corrected chi connectivity index (χ4v) is 5.02. The zero-order valence-corrected chi connectivity index (χ0v) is 12.1. The molecule has 0 radical (unpaired) electrons. The Morgan fingerprint density at radius 3 is 2.63 bits per heavy atom. The molecule has 1 aliphatic heterocycles. The van der Waals surface area contributed by atoms with Crippen molar-refractivity contribution in [2.75, 3.05) is 18.6 Å². The van der Waals surface area contributed by atoms with E-state index in [1.54, 1.807) is 0 Å². The summed E-state index contributed by atoms with van der Waals surface area (Å²) in [6.45, 7) is 0. The Balaban J connectivity index is 1.83. The maximum Gasteiger partial charge on any atom is 0.150 e. The molecule has 2 aliphatic rings. The molecule has 2 fully saturated rings. The van der Waals surface area contributed by atoms with Gasteiger partial charge in [-0.1, -0.05) is 24.3 Å². The lowest BCUT2D eigenvalue weighted by molar-refractivity contribution is 0.418. The monoisotopic (exact) mass is 279 g/mol. The summed E-state index contributed by atoms with van der Waals surface area (Å²) in [5.41, 5.74) is 2.66. The van der Waals surface area contributed by atoms with Crippen LogP contribution in [0.15, 0.2) is 24.3 Å². The topological polar surface area (TPSA) is 46.2 Å². The zero-order valence-electron chi connectivity index (χ0n) is 11.3. The Bertz CT molecular complexity index is 563. The van der Waals surface area contributed by atoms with E-state index in [4.69, 9.17) is 0 Å². The smallest absolute Gasteiger partial charge is 0.150 e. The van der Waals surface area contributed by atoms with Crippen LogP contribution in [0.25, 0.3) is 0 Å². The van der Waals surface area contributed by atoms with Gasteiger partial charge in [0.1, 0.15) is 0 Å². The minimum Gasteiger partial charge on any atom is -0.313 e. The van der Waals surface area contributed by atoms with Gasteiger partial charge < -0.3 is 5.32 Å². The highest BCUT2D eigenvalue weighted by molar-refractivity contribution is 7.91. The highest BCUT2D eigenvalue weighted by Gasteiger charge is 2.34. The second-order valence-corrected chi connectivity index (χ2v) is 8.10. The number of rotatable bonds is 4. The van der Waals surface area contributed by atoms with Crippen LogP contribution in [-0.2, 0) is 9.84 Å². The van der Waals surface area contributed by atoms with Gasteiger partial charge in [0.15, 0.2) is 9.84 Å². The molecule has 3 rings (SSSR count). The average molecular weight is 279 g/mol. The number of hydrogen-bond donors (Lipinski definition) is 1. The van der Waals surface area contributed by atoms with Gasteiger partial charge in [0.25, 0.3) is 0 Å². The number of nitrogens with one attached hydrogen (secondary N) is 1. The summed E-state index contributed by atoms with van der Waals surface area (Å²) >= 11 is 0. The first-order valence-electron chi connectivity index (χ1n) is 7.06. The molecule has 0 aromatic heterocycles. The molecule has 1 saturated carbocycles. The van der Waals surface area contributed by atoms with Crippen LogP contribution in [0.5, 0.6) is 0 Å². The molecule has 1 heterocycles. The minimum absolute atomic E-state index is 0.163. The van der Waals surface area contributed by atoms with E-state index in [-0.39, 0.29) is 12.0 Å². The van der Waals surface area contributed by atoms with Crippen LogP contribution in [-0.4, -0.2) is 27.0 Å². The van der Waals surface area contributed by atoms with Crippen molar-refractivity contribution in [3.8, 4) is 0 Å². The van der Waals surface area contributed by atoms with Gasteiger partial charge in [-0.15, -0.1) is 0 Å². The van der Waals surface area contributed by atoms with E-state index in [1.807, 2.05) is 7.05 Å². The summed E-state index contributed by atoms with van der Waals surface area (Å²) in [7, 11) is -0.883. The lowest BCUT2D eigenvalue weighted by atomic mass is 9.91. The third kappa shape index (κ3) is 2.84. The van der Waals surface area contributed by atoms with Crippen molar-refractivity contribution in [1.82, 2.24) is 5.32 Å². The van der Waals surface area contributed by atoms with Gasteiger partial charge in [-0.3, -0.25) is 0 Å². The Morgan fingerprint density at radius 2 is 2.05 bits per heavy atom. The van der Waals surface area contributed by atoms with Crippen molar-refractivity contribution in [3.05, 3.63) is 35.4 Å². The summed E-state index contributed by atoms with van der Waals surface area (Å²) in [6.07, 6.45) is 3.37. The lowest BCUT2D eigenvalue weighted by Gasteiger charge is -2.23. The minimum atomic E-state index is -2.81. The third-order valence-electron chi connectivity index (χ3n) is 4.37. The summed E-state index contributed by atoms with van der Waals surface area (Å²) in [5.74, 6) is 1.62. The van der Waals surface area contributed by atoms with Crippen LogP contribution < -0.4 is 5.32 Å². The number of hydrogen-bond acceptors (Lipinski definition) is 3. The molecular weight excluding hydrogens is 258 g/mol. The van der Waals surface area contributed by atoms with Gasteiger partial charge in [-0.2, -0.15) is 0 Å². The summed E-state index contributed by atoms with van der Waals surface area (Å²) in [6, 6.07) is 8.86. The summed E-state index contributed by atoms with van der Waals surface area (Å²) in [5, 5.41) is 3.32. The lowest BCUT2D eigenvalue weighted by Crippen LogP contribution is -2.26.